The van der Waals surface area contributed by atoms with Crippen LogP contribution in [0.1, 0.15) is 32.3 Å². The summed E-state index contributed by atoms with van der Waals surface area (Å²) < 4.78 is 5.52. The third kappa shape index (κ3) is 4.56. The number of halogens is 1. The predicted molar refractivity (Wildman–Crippen MR) is 73.5 cm³/mol. The molecule has 0 aliphatic heterocycles. The number of benzene rings is 1. The van der Waals surface area contributed by atoms with Crippen LogP contribution in [0.25, 0.3) is 0 Å². The summed E-state index contributed by atoms with van der Waals surface area (Å²) >= 11 is 3.35. The monoisotopic (exact) mass is 284 g/mol. The van der Waals surface area contributed by atoms with E-state index in [-0.39, 0.29) is 0 Å². The van der Waals surface area contributed by atoms with Crippen molar-refractivity contribution in [1.82, 2.24) is 0 Å². The molecule has 2 heteroatoms. The van der Waals surface area contributed by atoms with E-state index in [1.807, 2.05) is 0 Å². The average Bonchev–Trinajstić information content (AvgIpc) is 2.35. The van der Waals surface area contributed by atoms with Crippen LogP contribution in [0.15, 0.2) is 24.3 Å². The molecule has 0 aromatic heterocycles. The molecule has 0 radical (unpaired) electrons. The van der Waals surface area contributed by atoms with Gasteiger partial charge < -0.3 is 4.74 Å². The van der Waals surface area contributed by atoms with Crippen LogP contribution in [0.2, 0.25) is 0 Å². The number of rotatable bonds is 7. The molecule has 0 saturated carbocycles. The first kappa shape index (κ1) is 13.6. The molecule has 90 valence electrons. The van der Waals surface area contributed by atoms with Gasteiger partial charge in [-0.2, -0.15) is 0 Å². The molecule has 16 heavy (non-hydrogen) atoms. The first-order valence-electron chi connectivity index (χ1n) is 6.07. The van der Waals surface area contributed by atoms with Crippen LogP contribution in [0.5, 0.6) is 5.75 Å². The molecule has 0 unspecified atom stereocenters. The summed E-state index contributed by atoms with van der Waals surface area (Å²) in [5.74, 6) is 1.78. The molecular formula is C14H21BrO. The van der Waals surface area contributed by atoms with E-state index in [1.165, 1.54) is 24.8 Å². The highest BCUT2D eigenvalue weighted by atomic mass is 79.9. The molecule has 0 aliphatic rings. The Balaban J connectivity index is 2.50. The van der Waals surface area contributed by atoms with E-state index in [1.54, 1.807) is 0 Å². The van der Waals surface area contributed by atoms with Crippen LogP contribution in [-0.2, 0) is 6.42 Å². The summed E-state index contributed by atoms with van der Waals surface area (Å²) in [5.41, 5.74) is 1.42. The van der Waals surface area contributed by atoms with Gasteiger partial charge in [0.15, 0.2) is 0 Å². The first-order chi connectivity index (χ1) is 7.80. The fraction of sp³-hybridized carbons (Fsp3) is 0.571. The Morgan fingerprint density at radius 2 is 1.75 bits per heavy atom. The number of hydrogen-bond donors (Lipinski definition) is 0. The molecule has 0 N–H and O–H groups in total. The minimum absolute atomic E-state index is 0.728. The Morgan fingerprint density at radius 3 is 2.25 bits per heavy atom. The molecule has 0 fully saturated rings. The van der Waals surface area contributed by atoms with Crippen molar-refractivity contribution in [2.45, 2.75) is 33.1 Å². The van der Waals surface area contributed by atoms with Crippen molar-refractivity contribution in [3.05, 3.63) is 29.8 Å². The molecule has 1 aromatic carbocycles. The van der Waals surface area contributed by atoms with Gasteiger partial charge >= 0.3 is 0 Å². The Labute approximate surface area is 107 Å². The minimum Gasteiger partial charge on any atom is -0.493 e. The van der Waals surface area contributed by atoms with Gasteiger partial charge in [0.05, 0.1) is 6.61 Å². The zero-order valence-corrected chi connectivity index (χ0v) is 11.8. The molecule has 0 bridgehead atoms. The Morgan fingerprint density at radius 1 is 1.12 bits per heavy atom. The van der Waals surface area contributed by atoms with Crippen LogP contribution < -0.4 is 4.74 Å². The Hall–Kier alpha value is -0.500. The second-order valence-corrected chi connectivity index (χ2v) is 4.86. The second kappa shape index (κ2) is 7.72. The normalized spacial score (nSPS) is 10.8. The maximum absolute atomic E-state index is 5.52. The third-order valence-corrected chi connectivity index (χ3v) is 3.27. The molecule has 0 atom stereocenters. The van der Waals surface area contributed by atoms with Crippen molar-refractivity contribution in [3.63, 3.8) is 0 Å². The molecule has 0 spiro atoms. The van der Waals surface area contributed by atoms with Crippen LogP contribution in [-0.4, -0.2) is 11.9 Å². The van der Waals surface area contributed by atoms with Gasteiger partial charge in [0.1, 0.15) is 5.75 Å². The van der Waals surface area contributed by atoms with Crippen molar-refractivity contribution >= 4 is 15.9 Å². The molecular weight excluding hydrogens is 264 g/mol. The van der Waals surface area contributed by atoms with Gasteiger partial charge in [-0.05, 0) is 30.0 Å². The van der Waals surface area contributed by atoms with E-state index in [2.05, 4.69) is 54.0 Å². The highest BCUT2D eigenvalue weighted by Crippen LogP contribution is 2.18. The van der Waals surface area contributed by atoms with Crippen LogP contribution in [0, 0.1) is 5.92 Å². The van der Waals surface area contributed by atoms with Gasteiger partial charge in [-0.3, -0.25) is 0 Å². The van der Waals surface area contributed by atoms with Crippen molar-refractivity contribution in [2.24, 2.45) is 5.92 Å². The van der Waals surface area contributed by atoms with Crippen LogP contribution in [0.4, 0.5) is 0 Å². The molecule has 1 aromatic rings. The SMILES string of the molecule is CCC(CC)Cc1ccc(OCCBr)cc1. The first-order valence-corrected chi connectivity index (χ1v) is 7.20. The summed E-state index contributed by atoms with van der Waals surface area (Å²) in [6.07, 6.45) is 3.71. The average molecular weight is 285 g/mol. The molecule has 1 nitrogen and oxygen atoms in total. The minimum atomic E-state index is 0.728. The van der Waals surface area contributed by atoms with Gasteiger partial charge in [0, 0.05) is 5.33 Å². The summed E-state index contributed by atoms with van der Waals surface area (Å²) in [6, 6.07) is 8.50. The Bertz CT molecular complexity index is 277. The van der Waals surface area contributed by atoms with E-state index in [4.69, 9.17) is 4.74 Å². The smallest absolute Gasteiger partial charge is 0.119 e. The van der Waals surface area contributed by atoms with Crippen molar-refractivity contribution in [2.75, 3.05) is 11.9 Å². The number of hydrogen-bond acceptors (Lipinski definition) is 1. The predicted octanol–water partition coefficient (Wildman–Crippen LogP) is 4.44. The zero-order valence-electron chi connectivity index (χ0n) is 10.2. The number of alkyl halides is 1. The molecule has 0 heterocycles. The van der Waals surface area contributed by atoms with E-state index >= 15 is 0 Å². The van der Waals surface area contributed by atoms with Crippen LogP contribution >= 0.6 is 15.9 Å². The highest BCUT2D eigenvalue weighted by Gasteiger charge is 2.04. The molecule has 0 aliphatic carbocycles. The lowest BCUT2D eigenvalue weighted by atomic mass is 9.95. The maximum atomic E-state index is 5.52. The molecule has 0 saturated heterocycles. The highest BCUT2D eigenvalue weighted by molar-refractivity contribution is 9.09. The fourth-order valence-electron chi connectivity index (χ4n) is 1.79. The van der Waals surface area contributed by atoms with Gasteiger partial charge in [-0.1, -0.05) is 54.8 Å². The molecule has 1 rings (SSSR count). The summed E-state index contributed by atoms with van der Waals surface area (Å²) in [5, 5.41) is 0.877. The van der Waals surface area contributed by atoms with Crippen LogP contribution in [0.3, 0.4) is 0 Å². The zero-order chi connectivity index (χ0) is 11.8. The van der Waals surface area contributed by atoms with Gasteiger partial charge in [-0.25, -0.2) is 0 Å². The molecule has 0 amide bonds. The number of ether oxygens (including phenoxy) is 1. The lowest BCUT2D eigenvalue weighted by Gasteiger charge is -2.12. The summed E-state index contributed by atoms with van der Waals surface area (Å²) in [6.45, 7) is 5.26. The van der Waals surface area contributed by atoms with E-state index in [9.17, 15) is 0 Å². The van der Waals surface area contributed by atoms with Crippen molar-refractivity contribution < 1.29 is 4.74 Å². The third-order valence-electron chi connectivity index (χ3n) is 2.95. The lowest BCUT2D eigenvalue weighted by Crippen LogP contribution is -2.02. The maximum Gasteiger partial charge on any atom is 0.119 e. The summed E-state index contributed by atoms with van der Waals surface area (Å²) in [4.78, 5) is 0. The quantitative estimate of drug-likeness (QED) is 0.673. The summed E-state index contributed by atoms with van der Waals surface area (Å²) in [7, 11) is 0. The van der Waals surface area contributed by atoms with E-state index in [0.29, 0.717) is 0 Å². The lowest BCUT2D eigenvalue weighted by molar-refractivity contribution is 0.345. The van der Waals surface area contributed by atoms with Crippen molar-refractivity contribution in [3.8, 4) is 5.75 Å². The van der Waals surface area contributed by atoms with Crippen molar-refractivity contribution in [1.29, 1.82) is 0 Å². The largest absolute Gasteiger partial charge is 0.493 e. The topological polar surface area (TPSA) is 9.23 Å². The van der Waals surface area contributed by atoms with E-state index in [0.717, 1.165) is 23.6 Å². The van der Waals surface area contributed by atoms with E-state index < -0.39 is 0 Å². The Kier molecular flexibility index (Phi) is 6.55. The fourth-order valence-corrected chi connectivity index (χ4v) is 1.95. The van der Waals surface area contributed by atoms with Gasteiger partial charge in [-0.15, -0.1) is 0 Å². The standard InChI is InChI=1S/C14H21BrO/c1-3-12(4-2)11-13-5-7-14(8-6-13)16-10-9-15/h5-8,12H,3-4,9-11H2,1-2H3. The van der Waals surface area contributed by atoms with Gasteiger partial charge in [0.25, 0.3) is 0 Å². The van der Waals surface area contributed by atoms with Gasteiger partial charge in [0.2, 0.25) is 0 Å². The second-order valence-electron chi connectivity index (χ2n) is 4.07.